The molecule has 2 aromatic heterocycles. The molecule has 1 N–H and O–H groups in total. The summed E-state index contributed by atoms with van der Waals surface area (Å²) in [5.74, 6) is 0.594. The second-order valence-electron chi connectivity index (χ2n) is 3.53. The Morgan fingerprint density at radius 1 is 1.33 bits per heavy atom. The Morgan fingerprint density at radius 2 is 2.13 bits per heavy atom. The van der Waals surface area contributed by atoms with E-state index in [2.05, 4.69) is 9.97 Å². The van der Waals surface area contributed by atoms with Gasteiger partial charge in [0.15, 0.2) is 0 Å². The van der Waals surface area contributed by atoms with Crippen molar-refractivity contribution >= 4 is 16.7 Å². The molecule has 0 aliphatic heterocycles. The van der Waals surface area contributed by atoms with Crippen molar-refractivity contribution in [1.29, 1.82) is 0 Å². The van der Waals surface area contributed by atoms with Crippen LogP contribution in [0.25, 0.3) is 16.7 Å². The fourth-order valence-electron chi connectivity index (χ4n) is 1.80. The van der Waals surface area contributed by atoms with Crippen molar-refractivity contribution in [3.8, 4) is 0 Å². The van der Waals surface area contributed by atoms with Crippen molar-refractivity contribution in [1.82, 2.24) is 14.4 Å². The average molecular weight is 199 g/mol. The summed E-state index contributed by atoms with van der Waals surface area (Å²) in [6.45, 7) is 1.87. The van der Waals surface area contributed by atoms with Crippen LogP contribution in [0.3, 0.4) is 0 Å². The van der Waals surface area contributed by atoms with E-state index in [0.29, 0.717) is 11.2 Å². The van der Waals surface area contributed by atoms with Crippen LogP contribution in [0.5, 0.6) is 0 Å². The van der Waals surface area contributed by atoms with Crippen molar-refractivity contribution in [2.75, 3.05) is 0 Å². The van der Waals surface area contributed by atoms with Crippen molar-refractivity contribution in [2.24, 2.45) is 0 Å². The second-order valence-corrected chi connectivity index (χ2v) is 3.53. The molecule has 0 saturated carbocycles. The van der Waals surface area contributed by atoms with Crippen molar-refractivity contribution < 1.29 is 0 Å². The minimum atomic E-state index is -0.0191. The van der Waals surface area contributed by atoms with Gasteiger partial charge >= 0.3 is 0 Å². The first-order chi connectivity index (χ1) is 7.27. The van der Waals surface area contributed by atoms with Crippen LogP contribution in [0.2, 0.25) is 0 Å². The number of hydrogen-bond acceptors (Lipinski definition) is 2. The zero-order valence-electron chi connectivity index (χ0n) is 8.19. The molecule has 0 aliphatic rings. The third-order valence-corrected chi connectivity index (χ3v) is 2.55. The number of para-hydroxylation sites is 1. The Bertz CT molecular complexity index is 708. The van der Waals surface area contributed by atoms with Gasteiger partial charge in [0.25, 0.3) is 5.56 Å². The largest absolute Gasteiger partial charge is 0.324 e. The molecule has 0 saturated heterocycles. The predicted octanol–water partition coefficient (Wildman–Crippen LogP) is 1.48. The van der Waals surface area contributed by atoms with Gasteiger partial charge in [-0.3, -0.25) is 4.79 Å². The van der Waals surface area contributed by atoms with Gasteiger partial charge in [-0.2, -0.15) is 0 Å². The molecule has 3 rings (SSSR count). The van der Waals surface area contributed by atoms with Crippen molar-refractivity contribution in [3.63, 3.8) is 0 Å². The molecule has 1 aromatic carbocycles. The highest BCUT2D eigenvalue weighted by atomic mass is 16.1. The lowest BCUT2D eigenvalue weighted by Crippen LogP contribution is -2.15. The average Bonchev–Trinajstić information content (AvgIpc) is 2.61. The topological polar surface area (TPSA) is 50.2 Å². The number of nitrogens with zero attached hydrogens (tertiary/aromatic N) is 2. The van der Waals surface area contributed by atoms with Gasteiger partial charge in [-0.25, -0.2) is 9.38 Å². The van der Waals surface area contributed by atoms with Crippen LogP contribution in [-0.2, 0) is 0 Å². The highest BCUT2D eigenvalue weighted by Crippen LogP contribution is 2.08. The first-order valence-electron chi connectivity index (χ1n) is 4.72. The molecule has 0 aliphatic carbocycles. The standard InChI is InChI=1S/C11H9N3O/c1-7-6-12-11-13-9-5-3-2-4-8(9)10(15)14(7)11/h2-6H,1H3,(H,12,13). The van der Waals surface area contributed by atoms with Gasteiger partial charge in [0.2, 0.25) is 5.78 Å². The van der Waals surface area contributed by atoms with Crippen LogP contribution >= 0.6 is 0 Å². The maximum absolute atomic E-state index is 12.1. The monoisotopic (exact) mass is 199 g/mol. The predicted molar refractivity (Wildman–Crippen MR) is 58.1 cm³/mol. The molecule has 0 radical (unpaired) electrons. The number of imidazole rings is 1. The quantitative estimate of drug-likeness (QED) is 0.596. The summed E-state index contributed by atoms with van der Waals surface area (Å²) in [6.07, 6.45) is 1.69. The van der Waals surface area contributed by atoms with E-state index in [9.17, 15) is 4.79 Å². The lowest BCUT2D eigenvalue weighted by Gasteiger charge is -1.99. The fraction of sp³-hybridized carbons (Fsp3) is 0.0909. The zero-order chi connectivity index (χ0) is 10.4. The number of nitrogens with one attached hydrogen (secondary N) is 1. The number of rotatable bonds is 0. The van der Waals surface area contributed by atoms with Gasteiger partial charge in [-0.1, -0.05) is 12.1 Å². The molecule has 4 nitrogen and oxygen atoms in total. The molecule has 0 bridgehead atoms. The maximum Gasteiger partial charge on any atom is 0.267 e. The molecule has 0 atom stereocenters. The first kappa shape index (κ1) is 8.23. The Balaban J connectivity index is 2.69. The summed E-state index contributed by atoms with van der Waals surface area (Å²) in [7, 11) is 0. The smallest absolute Gasteiger partial charge is 0.267 e. The lowest BCUT2D eigenvalue weighted by atomic mass is 10.2. The Hall–Kier alpha value is -2.10. The van der Waals surface area contributed by atoms with Crippen LogP contribution < -0.4 is 5.56 Å². The van der Waals surface area contributed by atoms with E-state index in [-0.39, 0.29) is 5.56 Å². The maximum atomic E-state index is 12.1. The van der Waals surface area contributed by atoms with Gasteiger partial charge in [0, 0.05) is 5.69 Å². The lowest BCUT2D eigenvalue weighted by molar-refractivity contribution is 1.04. The molecule has 0 spiro atoms. The van der Waals surface area contributed by atoms with Crippen molar-refractivity contribution in [2.45, 2.75) is 6.92 Å². The summed E-state index contributed by atoms with van der Waals surface area (Å²) in [6, 6.07) is 7.44. The summed E-state index contributed by atoms with van der Waals surface area (Å²) in [5, 5.41) is 0.686. The van der Waals surface area contributed by atoms with E-state index in [1.165, 1.54) is 0 Å². The minimum Gasteiger partial charge on any atom is -0.324 e. The minimum absolute atomic E-state index is 0.0191. The van der Waals surface area contributed by atoms with Crippen molar-refractivity contribution in [3.05, 3.63) is 46.5 Å². The summed E-state index contributed by atoms with van der Waals surface area (Å²) in [4.78, 5) is 19.3. The molecule has 3 aromatic rings. The van der Waals surface area contributed by atoms with Crippen LogP contribution in [0.1, 0.15) is 5.69 Å². The molecule has 74 valence electrons. The number of aryl methyl sites for hydroxylation is 1. The molecule has 15 heavy (non-hydrogen) atoms. The molecule has 0 fully saturated rings. The van der Waals surface area contributed by atoms with Gasteiger partial charge < -0.3 is 4.98 Å². The Kier molecular flexibility index (Phi) is 1.48. The summed E-state index contributed by atoms with van der Waals surface area (Å²) in [5.41, 5.74) is 1.65. The highest BCUT2D eigenvalue weighted by Gasteiger charge is 2.06. The van der Waals surface area contributed by atoms with Crippen LogP contribution in [-0.4, -0.2) is 14.4 Å². The Morgan fingerprint density at radius 3 is 3.00 bits per heavy atom. The van der Waals surface area contributed by atoms with Gasteiger partial charge in [0.05, 0.1) is 17.1 Å². The molecular weight excluding hydrogens is 190 g/mol. The zero-order valence-corrected chi connectivity index (χ0v) is 8.19. The molecular formula is C11H9N3O. The second kappa shape index (κ2) is 2.70. The number of H-pyrrole nitrogens is 1. The molecule has 0 amide bonds. The first-order valence-corrected chi connectivity index (χ1v) is 4.72. The molecule has 0 unspecified atom stereocenters. The van der Waals surface area contributed by atoms with E-state index in [1.807, 2.05) is 31.2 Å². The third kappa shape index (κ3) is 1.01. The number of aromatic nitrogens is 3. The molecule has 2 heterocycles. The summed E-state index contributed by atoms with van der Waals surface area (Å²) < 4.78 is 1.59. The van der Waals surface area contributed by atoms with Crippen LogP contribution in [0, 0.1) is 6.92 Å². The summed E-state index contributed by atoms with van der Waals surface area (Å²) >= 11 is 0. The van der Waals surface area contributed by atoms with E-state index in [0.717, 1.165) is 11.2 Å². The van der Waals surface area contributed by atoms with E-state index >= 15 is 0 Å². The van der Waals surface area contributed by atoms with Crippen LogP contribution in [0.4, 0.5) is 0 Å². The number of aromatic amines is 1. The normalized spacial score (nSPS) is 11.3. The van der Waals surface area contributed by atoms with Crippen LogP contribution in [0.15, 0.2) is 35.3 Å². The SMILES string of the molecule is Cc1cnc2[nH]c3ccccc3c(=O)n12. The molecule has 4 heteroatoms. The van der Waals surface area contributed by atoms with E-state index < -0.39 is 0 Å². The van der Waals surface area contributed by atoms with Gasteiger partial charge in [-0.15, -0.1) is 0 Å². The van der Waals surface area contributed by atoms with Gasteiger partial charge in [0.1, 0.15) is 0 Å². The van der Waals surface area contributed by atoms with Gasteiger partial charge in [-0.05, 0) is 19.1 Å². The number of hydrogen-bond donors (Lipinski definition) is 1. The number of benzene rings is 1. The number of fused-ring (bicyclic) bond motifs is 2. The van der Waals surface area contributed by atoms with E-state index in [4.69, 9.17) is 0 Å². The fourth-order valence-corrected chi connectivity index (χ4v) is 1.80. The Labute approximate surface area is 85.2 Å². The highest BCUT2D eigenvalue weighted by molar-refractivity contribution is 5.79. The van der Waals surface area contributed by atoms with E-state index in [1.54, 1.807) is 10.6 Å². The third-order valence-electron chi connectivity index (χ3n) is 2.55.